The van der Waals surface area contributed by atoms with Crippen LogP contribution in [0.1, 0.15) is 31.9 Å². The molecule has 0 saturated heterocycles. The summed E-state index contributed by atoms with van der Waals surface area (Å²) in [4.78, 5) is 23.5. The van der Waals surface area contributed by atoms with E-state index >= 15 is 0 Å². The zero-order valence-electron chi connectivity index (χ0n) is 12.2. The number of carbonyl (C=O) groups is 2. The molecule has 0 fully saturated rings. The second-order valence-electron chi connectivity index (χ2n) is 4.62. The van der Waals surface area contributed by atoms with Crippen molar-refractivity contribution < 1.29 is 14.3 Å². The fourth-order valence-corrected chi connectivity index (χ4v) is 1.72. The molecule has 0 aliphatic carbocycles. The van der Waals surface area contributed by atoms with Crippen LogP contribution in [-0.2, 0) is 14.3 Å². The summed E-state index contributed by atoms with van der Waals surface area (Å²) in [5.74, 6) is -0.545. The van der Waals surface area contributed by atoms with Gasteiger partial charge in [-0.3, -0.25) is 10.1 Å². The Kier molecular flexibility index (Phi) is 6.73. The van der Waals surface area contributed by atoms with Gasteiger partial charge in [-0.15, -0.1) is 0 Å². The van der Waals surface area contributed by atoms with Crippen LogP contribution in [0.15, 0.2) is 30.3 Å². The van der Waals surface area contributed by atoms with E-state index in [1.54, 1.807) is 0 Å². The molecule has 1 aromatic carbocycles. The standard InChI is InChI=1S/C15H22N2O3/c1-4-11(2)17-13(18)10-16-14(15(19)20-3)12-8-6-5-7-9-12/h5-9,11,14,16H,4,10H2,1-3H3,(H,17,18). The van der Waals surface area contributed by atoms with Gasteiger partial charge in [0.25, 0.3) is 0 Å². The summed E-state index contributed by atoms with van der Waals surface area (Å²) in [6.45, 7) is 4.01. The van der Waals surface area contributed by atoms with Crippen molar-refractivity contribution in [3.8, 4) is 0 Å². The maximum absolute atomic E-state index is 11.8. The third-order valence-corrected chi connectivity index (χ3v) is 3.06. The number of hydrogen-bond donors (Lipinski definition) is 2. The topological polar surface area (TPSA) is 67.4 Å². The monoisotopic (exact) mass is 278 g/mol. The Balaban J connectivity index is 2.63. The molecule has 5 nitrogen and oxygen atoms in total. The minimum absolute atomic E-state index is 0.0685. The summed E-state index contributed by atoms with van der Waals surface area (Å²) in [5.41, 5.74) is 0.774. The molecule has 0 aliphatic heterocycles. The van der Waals surface area contributed by atoms with Crippen molar-refractivity contribution in [1.82, 2.24) is 10.6 Å². The van der Waals surface area contributed by atoms with E-state index in [9.17, 15) is 9.59 Å². The highest BCUT2D eigenvalue weighted by molar-refractivity contribution is 5.81. The van der Waals surface area contributed by atoms with E-state index < -0.39 is 12.0 Å². The lowest BCUT2D eigenvalue weighted by Crippen LogP contribution is -2.41. The van der Waals surface area contributed by atoms with Crippen LogP contribution in [0.3, 0.4) is 0 Å². The molecule has 20 heavy (non-hydrogen) atoms. The van der Waals surface area contributed by atoms with Gasteiger partial charge in [-0.25, -0.2) is 4.79 Å². The first-order chi connectivity index (χ1) is 9.58. The summed E-state index contributed by atoms with van der Waals surface area (Å²) in [6.07, 6.45) is 0.866. The van der Waals surface area contributed by atoms with Crippen LogP contribution in [0.5, 0.6) is 0 Å². The quantitative estimate of drug-likeness (QED) is 0.740. The van der Waals surface area contributed by atoms with Crippen molar-refractivity contribution in [3.63, 3.8) is 0 Å². The lowest BCUT2D eigenvalue weighted by Gasteiger charge is -2.17. The second kappa shape index (κ2) is 8.32. The first-order valence-corrected chi connectivity index (χ1v) is 6.74. The van der Waals surface area contributed by atoms with Crippen molar-refractivity contribution in [2.24, 2.45) is 0 Å². The minimum atomic E-state index is -0.635. The number of rotatable bonds is 7. The normalized spacial score (nSPS) is 13.3. The van der Waals surface area contributed by atoms with Crippen LogP contribution < -0.4 is 10.6 Å². The summed E-state index contributed by atoms with van der Waals surface area (Å²) in [5, 5.41) is 5.77. The number of ether oxygens (including phenoxy) is 1. The van der Waals surface area contributed by atoms with Gasteiger partial charge in [-0.1, -0.05) is 37.3 Å². The summed E-state index contributed by atoms with van der Waals surface area (Å²) in [7, 11) is 1.33. The number of esters is 1. The van der Waals surface area contributed by atoms with Gasteiger partial charge in [-0.2, -0.15) is 0 Å². The third-order valence-electron chi connectivity index (χ3n) is 3.06. The first kappa shape index (κ1) is 16.2. The Morgan fingerprint density at radius 3 is 2.45 bits per heavy atom. The maximum Gasteiger partial charge on any atom is 0.327 e. The smallest absolute Gasteiger partial charge is 0.327 e. The Bertz CT molecular complexity index is 434. The molecule has 1 rings (SSSR count). The molecule has 0 aromatic heterocycles. The van der Waals surface area contributed by atoms with Crippen LogP contribution in [0, 0.1) is 0 Å². The second-order valence-corrected chi connectivity index (χ2v) is 4.62. The van der Waals surface area contributed by atoms with Gasteiger partial charge in [0.15, 0.2) is 0 Å². The molecule has 0 spiro atoms. The van der Waals surface area contributed by atoms with Gasteiger partial charge in [0.2, 0.25) is 5.91 Å². The number of methoxy groups -OCH3 is 1. The number of hydrogen-bond acceptors (Lipinski definition) is 4. The van der Waals surface area contributed by atoms with Gasteiger partial charge in [-0.05, 0) is 18.9 Å². The zero-order chi connectivity index (χ0) is 15.0. The highest BCUT2D eigenvalue weighted by Crippen LogP contribution is 2.13. The van der Waals surface area contributed by atoms with Crippen molar-refractivity contribution in [2.45, 2.75) is 32.4 Å². The Labute approximate surface area is 119 Å². The van der Waals surface area contributed by atoms with Gasteiger partial charge >= 0.3 is 5.97 Å². The van der Waals surface area contributed by atoms with Crippen molar-refractivity contribution in [2.75, 3.05) is 13.7 Å². The fraction of sp³-hybridized carbons (Fsp3) is 0.467. The summed E-state index contributed by atoms with van der Waals surface area (Å²) in [6, 6.07) is 8.68. The molecule has 1 amide bonds. The van der Waals surface area contributed by atoms with Crippen molar-refractivity contribution >= 4 is 11.9 Å². The molecule has 0 radical (unpaired) electrons. The molecule has 0 bridgehead atoms. The highest BCUT2D eigenvalue weighted by atomic mass is 16.5. The molecule has 5 heteroatoms. The van der Waals surface area contributed by atoms with E-state index in [1.165, 1.54) is 7.11 Å². The predicted octanol–water partition coefficient (Wildman–Crippen LogP) is 1.41. The van der Waals surface area contributed by atoms with Gasteiger partial charge in [0, 0.05) is 6.04 Å². The molecule has 2 N–H and O–H groups in total. The van der Waals surface area contributed by atoms with E-state index in [0.717, 1.165) is 12.0 Å². The van der Waals surface area contributed by atoms with E-state index in [0.29, 0.717) is 0 Å². The molecule has 0 heterocycles. The molecule has 2 unspecified atom stereocenters. The maximum atomic E-state index is 11.8. The molecule has 1 aromatic rings. The highest BCUT2D eigenvalue weighted by Gasteiger charge is 2.21. The molecule has 2 atom stereocenters. The van der Waals surface area contributed by atoms with Crippen LogP contribution in [0.2, 0.25) is 0 Å². The van der Waals surface area contributed by atoms with Gasteiger partial charge < -0.3 is 10.1 Å². The number of amides is 1. The lowest BCUT2D eigenvalue weighted by atomic mass is 10.1. The largest absolute Gasteiger partial charge is 0.468 e. The molecule has 110 valence electrons. The fourth-order valence-electron chi connectivity index (χ4n) is 1.72. The molecular formula is C15H22N2O3. The summed E-state index contributed by atoms with van der Waals surface area (Å²) < 4.78 is 4.77. The van der Waals surface area contributed by atoms with Crippen molar-refractivity contribution in [3.05, 3.63) is 35.9 Å². The van der Waals surface area contributed by atoms with Crippen LogP contribution >= 0.6 is 0 Å². The van der Waals surface area contributed by atoms with Gasteiger partial charge in [0.05, 0.1) is 13.7 Å². The number of nitrogens with one attached hydrogen (secondary N) is 2. The third kappa shape index (κ3) is 5.01. The Morgan fingerprint density at radius 1 is 1.25 bits per heavy atom. The average Bonchev–Trinajstić information content (AvgIpc) is 2.48. The number of benzene rings is 1. The van der Waals surface area contributed by atoms with Crippen molar-refractivity contribution in [1.29, 1.82) is 0 Å². The average molecular weight is 278 g/mol. The Hall–Kier alpha value is -1.88. The molecule has 0 saturated carbocycles. The SMILES string of the molecule is CCC(C)NC(=O)CNC(C(=O)OC)c1ccccc1. The predicted molar refractivity (Wildman–Crippen MR) is 77.1 cm³/mol. The molecular weight excluding hydrogens is 256 g/mol. The molecule has 0 aliphatic rings. The van der Waals surface area contributed by atoms with E-state index in [4.69, 9.17) is 4.74 Å². The zero-order valence-corrected chi connectivity index (χ0v) is 12.2. The summed E-state index contributed by atoms with van der Waals surface area (Å²) >= 11 is 0. The van der Waals surface area contributed by atoms with Crippen LogP contribution in [0.25, 0.3) is 0 Å². The van der Waals surface area contributed by atoms with Gasteiger partial charge in [0.1, 0.15) is 6.04 Å². The lowest BCUT2D eigenvalue weighted by molar-refractivity contribution is -0.143. The van der Waals surface area contributed by atoms with E-state index in [1.807, 2.05) is 44.2 Å². The van der Waals surface area contributed by atoms with E-state index in [2.05, 4.69) is 10.6 Å². The minimum Gasteiger partial charge on any atom is -0.468 e. The van der Waals surface area contributed by atoms with Crippen LogP contribution in [-0.4, -0.2) is 31.6 Å². The first-order valence-electron chi connectivity index (χ1n) is 6.74. The van der Waals surface area contributed by atoms with E-state index in [-0.39, 0.29) is 18.5 Å². The Morgan fingerprint density at radius 2 is 1.90 bits per heavy atom. The van der Waals surface area contributed by atoms with Crippen LogP contribution in [0.4, 0.5) is 0 Å². The number of carbonyl (C=O) groups excluding carboxylic acids is 2.